The van der Waals surface area contributed by atoms with Gasteiger partial charge >= 0.3 is 0 Å². The molecule has 1 atom stereocenters. The molecule has 6 heteroatoms. The Labute approximate surface area is 177 Å². The van der Waals surface area contributed by atoms with Gasteiger partial charge in [-0.05, 0) is 62.1 Å². The molecule has 1 saturated heterocycles. The number of nitrogens with zero attached hydrogens (tertiary/aromatic N) is 1. The predicted molar refractivity (Wildman–Crippen MR) is 117 cm³/mol. The van der Waals surface area contributed by atoms with Crippen molar-refractivity contribution in [3.63, 3.8) is 0 Å². The summed E-state index contributed by atoms with van der Waals surface area (Å²) in [6.45, 7) is 4.74. The Balaban J connectivity index is 1.76. The molecule has 2 aromatic rings. The number of anilines is 1. The van der Waals surface area contributed by atoms with Crippen molar-refractivity contribution in [2.45, 2.75) is 51.7 Å². The molecule has 1 unspecified atom stereocenters. The molecule has 0 radical (unpaired) electrons. The Kier molecular flexibility index (Phi) is 6.91. The van der Waals surface area contributed by atoms with Crippen LogP contribution in [0, 0.1) is 0 Å². The van der Waals surface area contributed by atoms with Crippen molar-refractivity contribution in [2.24, 2.45) is 0 Å². The first-order valence-corrected chi connectivity index (χ1v) is 10.3. The second-order valence-electron chi connectivity index (χ2n) is 7.72. The summed E-state index contributed by atoms with van der Waals surface area (Å²) in [5.74, 6) is 1.62. The molecular weight excluding hydrogens is 388 g/mol. The Morgan fingerprint density at radius 3 is 2.52 bits per heavy atom. The van der Waals surface area contributed by atoms with Gasteiger partial charge < -0.3 is 19.7 Å². The van der Waals surface area contributed by atoms with E-state index in [9.17, 15) is 4.79 Å². The summed E-state index contributed by atoms with van der Waals surface area (Å²) in [5.41, 5.74) is 3.11. The quantitative estimate of drug-likeness (QED) is 0.664. The van der Waals surface area contributed by atoms with Gasteiger partial charge in [0.1, 0.15) is 0 Å². The topological polar surface area (TPSA) is 50.8 Å². The average molecular weight is 417 g/mol. The zero-order chi connectivity index (χ0) is 21.0. The van der Waals surface area contributed by atoms with E-state index in [-0.39, 0.29) is 18.0 Å². The molecule has 1 aliphatic rings. The van der Waals surface area contributed by atoms with Crippen molar-refractivity contribution in [1.82, 2.24) is 4.90 Å². The van der Waals surface area contributed by atoms with Gasteiger partial charge in [-0.25, -0.2) is 0 Å². The minimum absolute atomic E-state index is 0.165. The minimum Gasteiger partial charge on any atom is -0.493 e. The largest absolute Gasteiger partial charge is 0.493 e. The van der Waals surface area contributed by atoms with Gasteiger partial charge in [-0.3, -0.25) is 4.79 Å². The number of benzene rings is 2. The van der Waals surface area contributed by atoms with E-state index in [0.29, 0.717) is 29.5 Å². The maximum atomic E-state index is 12.6. The highest BCUT2D eigenvalue weighted by Gasteiger charge is 2.31. The number of amides is 1. The molecular formula is C23H29ClN2O3. The third kappa shape index (κ3) is 5.15. The smallest absolute Gasteiger partial charge is 0.223 e. The number of ether oxygens (including phenoxy) is 2. The molecule has 5 nitrogen and oxygen atoms in total. The molecule has 1 N–H and O–H groups in total. The van der Waals surface area contributed by atoms with E-state index in [2.05, 4.69) is 19.2 Å². The molecule has 29 heavy (non-hydrogen) atoms. The van der Waals surface area contributed by atoms with Crippen molar-refractivity contribution in [1.29, 1.82) is 0 Å². The highest BCUT2D eigenvalue weighted by molar-refractivity contribution is 6.33. The molecule has 1 amide bonds. The summed E-state index contributed by atoms with van der Waals surface area (Å²) in [6, 6.07) is 12.3. The number of hydrogen-bond acceptors (Lipinski definition) is 4. The van der Waals surface area contributed by atoms with E-state index >= 15 is 0 Å². The Hall–Kier alpha value is -2.40. The SMILES string of the molecule is COc1ccc(CC2CCC(=O)N2Cc2ccc(Cl)c(NC(C)C)c2)cc1OC. The van der Waals surface area contributed by atoms with Crippen molar-refractivity contribution in [2.75, 3.05) is 19.5 Å². The monoisotopic (exact) mass is 416 g/mol. The number of nitrogens with one attached hydrogen (secondary N) is 1. The second-order valence-corrected chi connectivity index (χ2v) is 8.13. The van der Waals surface area contributed by atoms with E-state index in [1.807, 2.05) is 41.3 Å². The predicted octanol–water partition coefficient (Wildman–Crippen LogP) is 4.91. The summed E-state index contributed by atoms with van der Waals surface area (Å²) >= 11 is 6.31. The molecule has 1 aliphatic heterocycles. The molecule has 0 bridgehead atoms. The number of halogens is 1. The lowest BCUT2D eigenvalue weighted by Gasteiger charge is -2.26. The zero-order valence-corrected chi connectivity index (χ0v) is 18.3. The zero-order valence-electron chi connectivity index (χ0n) is 17.5. The first-order valence-electron chi connectivity index (χ1n) is 9.96. The number of rotatable bonds is 8. The third-order valence-corrected chi connectivity index (χ3v) is 5.53. The van der Waals surface area contributed by atoms with Crippen LogP contribution < -0.4 is 14.8 Å². The van der Waals surface area contributed by atoms with E-state index in [1.54, 1.807) is 14.2 Å². The molecule has 3 rings (SSSR count). The molecule has 0 aliphatic carbocycles. The molecule has 0 aromatic heterocycles. The van der Waals surface area contributed by atoms with Gasteiger partial charge in [0.15, 0.2) is 11.5 Å². The van der Waals surface area contributed by atoms with Gasteiger partial charge in [0.05, 0.1) is 24.9 Å². The van der Waals surface area contributed by atoms with E-state index in [1.165, 1.54) is 0 Å². The summed E-state index contributed by atoms with van der Waals surface area (Å²) in [4.78, 5) is 14.6. The third-order valence-electron chi connectivity index (χ3n) is 5.20. The number of hydrogen-bond donors (Lipinski definition) is 1. The van der Waals surface area contributed by atoms with Gasteiger partial charge in [0, 0.05) is 25.0 Å². The Morgan fingerprint density at radius 2 is 1.83 bits per heavy atom. The minimum atomic E-state index is 0.165. The summed E-state index contributed by atoms with van der Waals surface area (Å²) in [5, 5.41) is 4.05. The van der Waals surface area contributed by atoms with Crippen molar-refractivity contribution in [3.8, 4) is 11.5 Å². The number of methoxy groups -OCH3 is 2. The van der Waals surface area contributed by atoms with Crippen LogP contribution in [0.1, 0.15) is 37.8 Å². The highest BCUT2D eigenvalue weighted by atomic mass is 35.5. The van der Waals surface area contributed by atoms with Crippen LogP contribution in [0.5, 0.6) is 11.5 Å². The average Bonchev–Trinajstić information content (AvgIpc) is 3.03. The van der Waals surface area contributed by atoms with Crippen molar-refractivity contribution in [3.05, 3.63) is 52.5 Å². The van der Waals surface area contributed by atoms with Crippen LogP contribution in [0.25, 0.3) is 0 Å². The Morgan fingerprint density at radius 1 is 1.10 bits per heavy atom. The maximum Gasteiger partial charge on any atom is 0.223 e. The van der Waals surface area contributed by atoms with Crippen LogP contribution in [-0.2, 0) is 17.8 Å². The first kappa shape index (κ1) is 21.3. The maximum absolute atomic E-state index is 12.6. The van der Waals surface area contributed by atoms with E-state index < -0.39 is 0 Å². The van der Waals surface area contributed by atoms with E-state index in [4.69, 9.17) is 21.1 Å². The van der Waals surface area contributed by atoms with Gasteiger partial charge in [-0.2, -0.15) is 0 Å². The van der Waals surface area contributed by atoms with Gasteiger partial charge in [0.2, 0.25) is 5.91 Å². The lowest BCUT2D eigenvalue weighted by molar-refractivity contribution is -0.129. The second kappa shape index (κ2) is 9.40. The summed E-state index contributed by atoms with van der Waals surface area (Å²) < 4.78 is 10.7. The molecule has 0 spiro atoms. The standard InChI is InChI=1S/C23H29ClN2O3/c1-15(2)25-20-12-17(5-8-19(20)24)14-26-18(7-10-23(26)27)11-16-6-9-21(28-3)22(13-16)29-4/h5-6,8-9,12-13,15,18,25H,7,10-11,14H2,1-4H3. The van der Waals surface area contributed by atoms with E-state index in [0.717, 1.165) is 29.7 Å². The van der Waals surface area contributed by atoms with Gasteiger partial charge in [-0.1, -0.05) is 23.7 Å². The van der Waals surface area contributed by atoms with Gasteiger partial charge in [-0.15, -0.1) is 0 Å². The molecule has 2 aromatic carbocycles. The molecule has 1 heterocycles. The highest BCUT2D eigenvalue weighted by Crippen LogP contribution is 2.31. The lowest BCUT2D eigenvalue weighted by atomic mass is 10.0. The van der Waals surface area contributed by atoms with Crippen LogP contribution in [0.15, 0.2) is 36.4 Å². The first-order chi connectivity index (χ1) is 13.9. The Bertz CT molecular complexity index is 869. The fourth-order valence-corrected chi connectivity index (χ4v) is 3.96. The van der Waals surface area contributed by atoms with Crippen LogP contribution in [0.2, 0.25) is 5.02 Å². The number of carbonyl (C=O) groups excluding carboxylic acids is 1. The normalized spacial score (nSPS) is 16.4. The van der Waals surface area contributed by atoms with Crippen molar-refractivity contribution < 1.29 is 14.3 Å². The van der Waals surface area contributed by atoms with Crippen LogP contribution >= 0.6 is 11.6 Å². The fraction of sp³-hybridized carbons (Fsp3) is 0.435. The fourth-order valence-electron chi connectivity index (χ4n) is 3.79. The van der Waals surface area contributed by atoms with Crippen molar-refractivity contribution >= 4 is 23.2 Å². The summed E-state index contributed by atoms with van der Waals surface area (Å²) in [6.07, 6.45) is 2.23. The molecule has 1 fully saturated rings. The van der Waals surface area contributed by atoms with Gasteiger partial charge in [0.25, 0.3) is 0 Å². The molecule has 0 saturated carbocycles. The number of carbonyl (C=O) groups is 1. The number of likely N-dealkylation sites (tertiary alicyclic amines) is 1. The van der Waals surface area contributed by atoms with Crippen LogP contribution in [0.3, 0.4) is 0 Å². The lowest BCUT2D eigenvalue weighted by Crippen LogP contribution is -2.34. The molecule has 156 valence electrons. The van der Waals surface area contributed by atoms with Crippen LogP contribution in [0.4, 0.5) is 5.69 Å². The van der Waals surface area contributed by atoms with Crippen LogP contribution in [-0.4, -0.2) is 37.1 Å². The summed E-state index contributed by atoms with van der Waals surface area (Å²) in [7, 11) is 3.26.